The number of nitrogens with zero attached hydrogens (tertiary/aromatic N) is 1. The lowest BCUT2D eigenvalue weighted by Gasteiger charge is -2.17. The summed E-state index contributed by atoms with van der Waals surface area (Å²) in [6.07, 6.45) is 0. The number of esters is 1. The van der Waals surface area contributed by atoms with Crippen molar-refractivity contribution in [2.75, 3.05) is 18.6 Å². The molecule has 0 aliphatic rings. The molecule has 2 amide bonds. The predicted molar refractivity (Wildman–Crippen MR) is 94.1 cm³/mol. The van der Waals surface area contributed by atoms with Crippen molar-refractivity contribution in [1.29, 1.82) is 0 Å². The number of rotatable bonds is 6. The van der Waals surface area contributed by atoms with Crippen molar-refractivity contribution in [2.45, 2.75) is 13.5 Å². The Morgan fingerprint density at radius 2 is 1.64 bits per heavy atom. The molecule has 2 aromatic rings. The molecule has 2 aromatic carbocycles. The van der Waals surface area contributed by atoms with Crippen LogP contribution in [0.1, 0.15) is 22.8 Å². The van der Waals surface area contributed by atoms with Gasteiger partial charge < -0.3 is 15.0 Å². The van der Waals surface area contributed by atoms with E-state index in [-0.39, 0.29) is 18.4 Å². The number of benzene rings is 2. The second kappa shape index (κ2) is 8.63. The second-order valence-electron chi connectivity index (χ2n) is 5.47. The molecule has 1 N–H and O–H groups in total. The van der Waals surface area contributed by atoms with Crippen LogP contribution in [0.25, 0.3) is 0 Å². The van der Waals surface area contributed by atoms with Gasteiger partial charge in [-0.05, 0) is 29.8 Å². The van der Waals surface area contributed by atoms with Gasteiger partial charge in [0.25, 0.3) is 5.91 Å². The van der Waals surface area contributed by atoms with E-state index in [1.54, 1.807) is 43.4 Å². The van der Waals surface area contributed by atoms with Crippen molar-refractivity contribution in [3.05, 3.63) is 65.7 Å². The molecule has 25 heavy (non-hydrogen) atoms. The zero-order valence-corrected chi connectivity index (χ0v) is 14.2. The van der Waals surface area contributed by atoms with E-state index >= 15 is 0 Å². The largest absolute Gasteiger partial charge is 0.452 e. The molecule has 0 radical (unpaired) electrons. The standard InChI is InChI=1S/C19H20N2O4/c1-14(22)20-12-15-8-10-16(11-9-15)19(24)25-13-18(23)21(2)17-6-4-3-5-7-17/h3-11H,12-13H2,1-2H3,(H,20,22). The van der Waals surface area contributed by atoms with Crippen LogP contribution in [0, 0.1) is 0 Å². The van der Waals surface area contributed by atoms with Crippen LogP contribution in [0.3, 0.4) is 0 Å². The molecule has 0 aromatic heterocycles. The Morgan fingerprint density at radius 1 is 1.00 bits per heavy atom. The molecule has 0 heterocycles. The average Bonchev–Trinajstić information content (AvgIpc) is 2.64. The van der Waals surface area contributed by atoms with Gasteiger partial charge in [0.15, 0.2) is 6.61 Å². The van der Waals surface area contributed by atoms with Crippen LogP contribution in [0.4, 0.5) is 5.69 Å². The van der Waals surface area contributed by atoms with Crippen molar-refractivity contribution < 1.29 is 19.1 Å². The fourth-order valence-electron chi connectivity index (χ4n) is 2.09. The predicted octanol–water partition coefficient (Wildman–Crippen LogP) is 2.14. The molecule has 2 rings (SSSR count). The quantitative estimate of drug-likeness (QED) is 0.818. The van der Waals surface area contributed by atoms with Gasteiger partial charge in [0.05, 0.1) is 5.56 Å². The molecule has 6 heteroatoms. The minimum atomic E-state index is -0.569. The highest BCUT2D eigenvalue weighted by Gasteiger charge is 2.14. The van der Waals surface area contributed by atoms with Crippen LogP contribution in [0.5, 0.6) is 0 Å². The normalized spacial score (nSPS) is 10.0. The zero-order valence-electron chi connectivity index (χ0n) is 14.2. The number of hydrogen-bond acceptors (Lipinski definition) is 4. The van der Waals surface area contributed by atoms with Crippen LogP contribution < -0.4 is 10.2 Å². The Balaban J connectivity index is 1.87. The number of carbonyl (C=O) groups is 3. The third-order valence-corrected chi connectivity index (χ3v) is 3.58. The maximum atomic E-state index is 12.1. The summed E-state index contributed by atoms with van der Waals surface area (Å²) in [4.78, 5) is 36.4. The first-order valence-electron chi connectivity index (χ1n) is 7.79. The van der Waals surface area contributed by atoms with E-state index in [1.807, 2.05) is 18.2 Å². The van der Waals surface area contributed by atoms with Crippen molar-refractivity contribution in [3.8, 4) is 0 Å². The number of nitrogens with one attached hydrogen (secondary N) is 1. The van der Waals surface area contributed by atoms with E-state index in [1.165, 1.54) is 11.8 Å². The Kier molecular flexibility index (Phi) is 6.28. The van der Waals surface area contributed by atoms with Crippen molar-refractivity contribution in [2.24, 2.45) is 0 Å². The van der Waals surface area contributed by atoms with Crippen LogP contribution >= 0.6 is 0 Å². The van der Waals surface area contributed by atoms with E-state index in [9.17, 15) is 14.4 Å². The number of amides is 2. The molecular formula is C19H20N2O4. The zero-order chi connectivity index (χ0) is 18.2. The lowest BCUT2D eigenvalue weighted by atomic mass is 10.1. The summed E-state index contributed by atoms with van der Waals surface area (Å²) < 4.78 is 5.07. The van der Waals surface area contributed by atoms with Crippen molar-refractivity contribution in [1.82, 2.24) is 5.32 Å². The Bertz CT molecular complexity index is 742. The summed E-state index contributed by atoms with van der Waals surface area (Å²) in [5, 5.41) is 2.67. The molecular weight excluding hydrogens is 320 g/mol. The van der Waals surface area contributed by atoms with Crippen molar-refractivity contribution in [3.63, 3.8) is 0 Å². The van der Waals surface area contributed by atoms with Gasteiger partial charge in [-0.3, -0.25) is 9.59 Å². The van der Waals surface area contributed by atoms with E-state index in [4.69, 9.17) is 4.74 Å². The highest BCUT2D eigenvalue weighted by atomic mass is 16.5. The van der Waals surface area contributed by atoms with Crippen molar-refractivity contribution >= 4 is 23.5 Å². The summed E-state index contributed by atoms with van der Waals surface area (Å²) in [5.41, 5.74) is 1.94. The Labute approximate surface area is 146 Å². The molecule has 0 atom stereocenters. The highest BCUT2D eigenvalue weighted by Crippen LogP contribution is 2.11. The molecule has 6 nitrogen and oxygen atoms in total. The van der Waals surface area contributed by atoms with Gasteiger partial charge in [0.1, 0.15) is 0 Å². The third kappa shape index (κ3) is 5.46. The molecule has 0 saturated heterocycles. The van der Waals surface area contributed by atoms with Gasteiger partial charge in [-0.2, -0.15) is 0 Å². The number of likely N-dealkylation sites (N-methyl/N-ethyl adjacent to an activating group) is 1. The third-order valence-electron chi connectivity index (χ3n) is 3.58. The maximum Gasteiger partial charge on any atom is 0.338 e. The molecule has 130 valence electrons. The summed E-state index contributed by atoms with van der Waals surface area (Å²) in [6.45, 7) is 1.50. The van der Waals surface area contributed by atoms with E-state index < -0.39 is 5.97 Å². The van der Waals surface area contributed by atoms with Gasteiger partial charge in [0.2, 0.25) is 5.91 Å². The molecule has 0 saturated carbocycles. The van der Waals surface area contributed by atoms with Crippen LogP contribution in [0.2, 0.25) is 0 Å². The fraction of sp³-hybridized carbons (Fsp3) is 0.211. The maximum absolute atomic E-state index is 12.1. The van der Waals surface area contributed by atoms with Crippen LogP contribution in [0.15, 0.2) is 54.6 Å². The summed E-state index contributed by atoms with van der Waals surface area (Å²) >= 11 is 0. The van der Waals surface area contributed by atoms with E-state index in [0.717, 1.165) is 11.3 Å². The number of anilines is 1. The lowest BCUT2D eigenvalue weighted by Crippen LogP contribution is -2.31. The first-order chi connectivity index (χ1) is 12.0. The smallest absolute Gasteiger partial charge is 0.338 e. The van der Waals surface area contributed by atoms with Gasteiger partial charge in [-0.15, -0.1) is 0 Å². The highest BCUT2D eigenvalue weighted by molar-refractivity contribution is 5.96. The minimum absolute atomic E-state index is 0.121. The van der Waals surface area contributed by atoms with Gasteiger partial charge in [-0.25, -0.2) is 4.79 Å². The monoisotopic (exact) mass is 340 g/mol. The van der Waals surface area contributed by atoms with E-state index in [0.29, 0.717) is 12.1 Å². The summed E-state index contributed by atoms with van der Waals surface area (Å²) in [7, 11) is 1.63. The topological polar surface area (TPSA) is 75.7 Å². The molecule has 0 fully saturated rings. The van der Waals surface area contributed by atoms with Crippen LogP contribution in [-0.2, 0) is 20.9 Å². The SMILES string of the molecule is CC(=O)NCc1ccc(C(=O)OCC(=O)N(C)c2ccccc2)cc1. The fourth-order valence-corrected chi connectivity index (χ4v) is 2.09. The Hall–Kier alpha value is -3.15. The number of hydrogen-bond donors (Lipinski definition) is 1. The van der Waals surface area contributed by atoms with Crippen LogP contribution in [-0.4, -0.2) is 31.4 Å². The van der Waals surface area contributed by atoms with E-state index in [2.05, 4.69) is 5.32 Å². The minimum Gasteiger partial charge on any atom is -0.452 e. The Morgan fingerprint density at radius 3 is 2.24 bits per heavy atom. The summed E-state index contributed by atoms with van der Waals surface area (Å²) in [5.74, 6) is -1.01. The first kappa shape index (κ1) is 18.2. The molecule has 0 spiro atoms. The number of carbonyl (C=O) groups excluding carboxylic acids is 3. The number of ether oxygens (including phenoxy) is 1. The van der Waals surface area contributed by atoms with Gasteiger partial charge >= 0.3 is 5.97 Å². The first-order valence-corrected chi connectivity index (χ1v) is 7.79. The number of para-hydroxylation sites is 1. The molecule has 0 unspecified atom stereocenters. The second-order valence-corrected chi connectivity index (χ2v) is 5.47. The molecule has 0 aliphatic carbocycles. The van der Waals surface area contributed by atoms with Gasteiger partial charge in [0, 0.05) is 26.2 Å². The molecule has 0 aliphatic heterocycles. The molecule has 0 bridgehead atoms. The average molecular weight is 340 g/mol. The lowest BCUT2D eigenvalue weighted by molar-refractivity contribution is -0.121. The van der Waals surface area contributed by atoms with Gasteiger partial charge in [-0.1, -0.05) is 30.3 Å². The summed E-state index contributed by atoms with van der Waals surface area (Å²) in [6, 6.07) is 15.8.